The zero-order valence-corrected chi connectivity index (χ0v) is 10.6. The molecule has 19 heavy (non-hydrogen) atoms. The van der Waals surface area contributed by atoms with Crippen molar-refractivity contribution in [2.45, 2.75) is 12.5 Å². The number of carboxylic acids is 1. The first-order valence-corrected chi connectivity index (χ1v) is 6.29. The lowest BCUT2D eigenvalue weighted by Gasteiger charge is -2.13. The van der Waals surface area contributed by atoms with Crippen molar-refractivity contribution in [3.8, 4) is 0 Å². The first kappa shape index (κ1) is 13.1. The van der Waals surface area contributed by atoms with Crippen LogP contribution in [0.4, 0.5) is 5.69 Å². The zero-order chi connectivity index (χ0) is 13.8. The molecule has 0 aromatic carbocycles. The van der Waals surface area contributed by atoms with Gasteiger partial charge in [0.1, 0.15) is 10.9 Å². The predicted molar refractivity (Wildman–Crippen MR) is 69.9 cm³/mol. The maximum absolute atomic E-state index is 11.9. The van der Waals surface area contributed by atoms with Gasteiger partial charge in [-0.15, -0.1) is 11.3 Å². The van der Waals surface area contributed by atoms with Crippen LogP contribution >= 0.6 is 11.3 Å². The van der Waals surface area contributed by atoms with Crippen LogP contribution in [0.25, 0.3) is 0 Å². The first-order valence-electron chi connectivity index (χ1n) is 5.42. The second kappa shape index (κ2) is 5.53. The number of thiophene rings is 1. The Labute approximate surface area is 112 Å². The average molecular weight is 280 g/mol. The molecule has 8 heteroatoms. The van der Waals surface area contributed by atoms with Gasteiger partial charge in [0.2, 0.25) is 0 Å². The summed E-state index contributed by atoms with van der Waals surface area (Å²) < 4.78 is 0. The number of nitrogens with one attached hydrogen (secondary N) is 2. The number of carboxylic acid groups (broad SMARTS) is 1. The molecule has 0 spiro atoms. The number of anilines is 1. The van der Waals surface area contributed by atoms with Crippen LogP contribution in [0.2, 0.25) is 0 Å². The molecule has 0 saturated heterocycles. The van der Waals surface area contributed by atoms with Gasteiger partial charge in [-0.3, -0.25) is 4.79 Å². The molecule has 0 aliphatic rings. The molecule has 2 aromatic heterocycles. The van der Waals surface area contributed by atoms with E-state index >= 15 is 0 Å². The third-order valence-electron chi connectivity index (χ3n) is 2.48. The second-order valence-electron chi connectivity index (χ2n) is 3.85. The van der Waals surface area contributed by atoms with E-state index in [1.807, 2.05) is 0 Å². The Hall–Kier alpha value is -2.35. The van der Waals surface area contributed by atoms with E-state index in [2.05, 4.69) is 15.3 Å². The summed E-state index contributed by atoms with van der Waals surface area (Å²) in [5.41, 5.74) is 6.59. The van der Waals surface area contributed by atoms with Gasteiger partial charge in [0.25, 0.3) is 5.91 Å². The van der Waals surface area contributed by atoms with Crippen molar-refractivity contribution in [3.05, 3.63) is 34.5 Å². The number of H-pyrrole nitrogens is 1. The van der Waals surface area contributed by atoms with E-state index in [0.717, 1.165) is 0 Å². The molecule has 1 atom stereocenters. The molecule has 0 saturated carbocycles. The normalized spacial score (nSPS) is 12.0. The van der Waals surface area contributed by atoms with Crippen LogP contribution in [0.5, 0.6) is 0 Å². The van der Waals surface area contributed by atoms with Crippen molar-refractivity contribution in [1.82, 2.24) is 15.3 Å². The molecule has 0 radical (unpaired) electrons. The number of aliphatic carboxylic acids is 1. The second-order valence-corrected chi connectivity index (χ2v) is 4.77. The number of hydrogen-bond acceptors (Lipinski definition) is 5. The van der Waals surface area contributed by atoms with Gasteiger partial charge in [0, 0.05) is 18.3 Å². The summed E-state index contributed by atoms with van der Waals surface area (Å²) in [5.74, 6) is -1.60. The number of nitrogens with zero attached hydrogens (tertiary/aromatic N) is 1. The quantitative estimate of drug-likeness (QED) is 0.634. The third kappa shape index (κ3) is 3.10. The summed E-state index contributed by atoms with van der Waals surface area (Å²) in [7, 11) is 0. The van der Waals surface area contributed by atoms with E-state index < -0.39 is 17.9 Å². The van der Waals surface area contributed by atoms with Crippen molar-refractivity contribution < 1.29 is 14.7 Å². The van der Waals surface area contributed by atoms with Gasteiger partial charge in [-0.05, 0) is 11.4 Å². The van der Waals surface area contributed by atoms with Crippen LogP contribution in [-0.2, 0) is 11.2 Å². The van der Waals surface area contributed by atoms with Gasteiger partial charge in [-0.25, -0.2) is 9.78 Å². The van der Waals surface area contributed by atoms with E-state index in [4.69, 9.17) is 10.8 Å². The van der Waals surface area contributed by atoms with Crippen LogP contribution in [0.1, 0.15) is 15.4 Å². The molecule has 0 aliphatic heterocycles. The molecule has 7 nitrogen and oxygen atoms in total. The number of nitrogens with two attached hydrogens (primary N) is 1. The highest BCUT2D eigenvalue weighted by molar-refractivity contribution is 7.12. The maximum Gasteiger partial charge on any atom is 0.326 e. The van der Waals surface area contributed by atoms with Gasteiger partial charge in [-0.1, -0.05) is 0 Å². The van der Waals surface area contributed by atoms with Gasteiger partial charge in [0.15, 0.2) is 0 Å². The Kier molecular flexibility index (Phi) is 3.81. The number of carbonyl (C=O) groups excluding carboxylic acids is 1. The van der Waals surface area contributed by atoms with E-state index in [1.54, 1.807) is 11.4 Å². The summed E-state index contributed by atoms with van der Waals surface area (Å²) >= 11 is 1.17. The number of hydrogen-bond donors (Lipinski definition) is 4. The fourth-order valence-corrected chi connectivity index (χ4v) is 2.26. The molecule has 0 fully saturated rings. The number of nitrogen functional groups attached to an aromatic ring is 1. The van der Waals surface area contributed by atoms with Crippen molar-refractivity contribution in [2.24, 2.45) is 0 Å². The number of amides is 1. The summed E-state index contributed by atoms with van der Waals surface area (Å²) in [6, 6.07) is 0.569. The van der Waals surface area contributed by atoms with Crippen molar-refractivity contribution >= 4 is 28.9 Å². The van der Waals surface area contributed by atoms with Crippen molar-refractivity contribution in [1.29, 1.82) is 0 Å². The highest BCUT2D eigenvalue weighted by Gasteiger charge is 2.23. The molecule has 2 rings (SSSR count). The van der Waals surface area contributed by atoms with Gasteiger partial charge >= 0.3 is 5.97 Å². The number of aromatic amines is 1. The van der Waals surface area contributed by atoms with Gasteiger partial charge < -0.3 is 21.1 Å². The summed E-state index contributed by atoms with van der Waals surface area (Å²) in [6.45, 7) is 0. The minimum absolute atomic E-state index is 0.131. The molecule has 0 aliphatic carbocycles. The van der Waals surface area contributed by atoms with Crippen molar-refractivity contribution in [3.63, 3.8) is 0 Å². The Bertz CT molecular complexity index is 579. The summed E-state index contributed by atoms with van der Waals surface area (Å²) in [6.07, 6.45) is 3.10. The maximum atomic E-state index is 11.9. The monoisotopic (exact) mass is 280 g/mol. The smallest absolute Gasteiger partial charge is 0.326 e. The van der Waals surface area contributed by atoms with Gasteiger partial charge in [0.05, 0.1) is 12.0 Å². The largest absolute Gasteiger partial charge is 0.480 e. The molecule has 0 unspecified atom stereocenters. The predicted octanol–water partition coefficient (Wildman–Crippen LogP) is 0.479. The Morgan fingerprint density at radius 2 is 2.37 bits per heavy atom. The summed E-state index contributed by atoms with van der Waals surface area (Å²) in [5, 5.41) is 13.2. The lowest BCUT2D eigenvalue weighted by atomic mass is 10.1. The summed E-state index contributed by atoms with van der Waals surface area (Å²) in [4.78, 5) is 29.9. The molecule has 5 N–H and O–H groups in total. The fourth-order valence-electron chi connectivity index (χ4n) is 1.54. The third-order valence-corrected chi connectivity index (χ3v) is 3.41. The Morgan fingerprint density at radius 3 is 2.89 bits per heavy atom. The average Bonchev–Trinajstić information content (AvgIpc) is 2.99. The van der Waals surface area contributed by atoms with E-state index in [-0.39, 0.29) is 6.42 Å². The minimum atomic E-state index is -1.11. The number of aromatic nitrogens is 2. The van der Waals surface area contributed by atoms with Crippen molar-refractivity contribution in [2.75, 3.05) is 5.73 Å². The topological polar surface area (TPSA) is 121 Å². The molecule has 0 bridgehead atoms. The molecular weight excluding hydrogens is 268 g/mol. The van der Waals surface area contributed by atoms with E-state index in [0.29, 0.717) is 16.3 Å². The molecule has 1 amide bonds. The SMILES string of the molecule is Nc1ccsc1C(=O)N[C@@H](Cc1cnc[nH]1)C(=O)O. The number of carbonyl (C=O) groups is 2. The number of imidazole rings is 1. The fraction of sp³-hybridized carbons (Fsp3) is 0.182. The highest BCUT2D eigenvalue weighted by Crippen LogP contribution is 2.18. The molecule has 2 heterocycles. The Morgan fingerprint density at radius 1 is 1.58 bits per heavy atom. The Balaban J connectivity index is 2.07. The lowest BCUT2D eigenvalue weighted by molar-refractivity contribution is -0.139. The highest BCUT2D eigenvalue weighted by atomic mass is 32.1. The molecule has 100 valence electrons. The first-order chi connectivity index (χ1) is 9.08. The van der Waals surface area contributed by atoms with Crippen LogP contribution in [0, 0.1) is 0 Å². The molecular formula is C11H12N4O3S. The van der Waals surface area contributed by atoms with Crippen LogP contribution in [0.15, 0.2) is 24.0 Å². The minimum Gasteiger partial charge on any atom is -0.480 e. The zero-order valence-electron chi connectivity index (χ0n) is 9.79. The number of rotatable bonds is 5. The lowest BCUT2D eigenvalue weighted by Crippen LogP contribution is -2.42. The van der Waals surface area contributed by atoms with E-state index in [1.165, 1.54) is 23.9 Å². The van der Waals surface area contributed by atoms with Crippen LogP contribution in [0.3, 0.4) is 0 Å². The van der Waals surface area contributed by atoms with Gasteiger partial charge in [-0.2, -0.15) is 0 Å². The van der Waals surface area contributed by atoms with Crippen LogP contribution in [-0.4, -0.2) is 33.0 Å². The molecule has 2 aromatic rings. The standard InChI is InChI=1S/C11H12N4O3S/c12-7-1-2-19-9(7)10(16)15-8(11(17)18)3-6-4-13-5-14-6/h1-2,4-5,8H,3,12H2,(H,13,14)(H,15,16)(H,17,18)/t8-/m0/s1. The van der Waals surface area contributed by atoms with Crippen LogP contribution < -0.4 is 11.1 Å². The van der Waals surface area contributed by atoms with E-state index in [9.17, 15) is 9.59 Å².